The summed E-state index contributed by atoms with van der Waals surface area (Å²) in [6.45, 7) is 5.42. The van der Waals surface area contributed by atoms with Crippen molar-refractivity contribution < 1.29 is 4.39 Å². The van der Waals surface area contributed by atoms with Crippen molar-refractivity contribution in [3.63, 3.8) is 0 Å². The van der Waals surface area contributed by atoms with Gasteiger partial charge < -0.3 is 10.6 Å². The number of halogens is 1. The van der Waals surface area contributed by atoms with Gasteiger partial charge in [-0.05, 0) is 55.3 Å². The Morgan fingerprint density at radius 1 is 1.11 bits per heavy atom. The van der Waals surface area contributed by atoms with Crippen molar-refractivity contribution in [3.8, 4) is 0 Å². The van der Waals surface area contributed by atoms with Gasteiger partial charge in [0.1, 0.15) is 5.82 Å². The number of nitrogens with zero attached hydrogens (tertiary/aromatic N) is 1. The van der Waals surface area contributed by atoms with Crippen LogP contribution < -0.4 is 10.6 Å². The first kappa shape index (κ1) is 13.6. The van der Waals surface area contributed by atoms with E-state index in [4.69, 9.17) is 5.73 Å². The highest BCUT2D eigenvalue weighted by atomic mass is 19.1. The summed E-state index contributed by atoms with van der Waals surface area (Å²) in [6.07, 6.45) is 0. The van der Waals surface area contributed by atoms with Crippen LogP contribution in [0, 0.1) is 12.7 Å². The zero-order chi connectivity index (χ0) is 13.8. The molecule has 2 N–H and O–H groups in total. The Bertz CT molecular complexity index is 566. The molecule has 0 saturated carbocycles. The molecular weight excluding hydrogens is 239 g/mol. The van der Waals surface area contributed by atoms with E-state index in [0.717, 1.165) is 29.0 Å². The van der Waals surface area contributed by atoms with E-state index in [1.807, 2.05) is 25.1 Å². The summed E-state index contributed by atoms with van der Waals surface area (Å²) in [7, 11) is 0. The largest absolute Gasteiger partial charge is 0.342 e. The van der Waals surface area contributed by atoms with Gasteiger partial charge in [-0.1, -0.05) is 12.1 Å². The number of anilines is 2. The molecule has 0 spiro atoms. The Morgan fingerprint density at radius 3 is 2.42 bits per heavy atom. The van der Waals surface area contributed by atoms with Gasteiger partial charge in [-0.3, -0.25) is 0 Å². The molecule has 0 atom stereocenters. The fourth-order valence-corrected chi connectivity index (χ4v) is 2.24. The second-order valence-electron chi connectivity index (χ2n) is 4.54. The van der Waals surface area contributed by atoms with Gasteiger partial charge in [-0.25, -0.2) is 4.39 Å². The van der Waals surface area contributed by atoms with Crippen molar-refractivity contribution in [3.05, 3.63) is 59.4 Å². The quantitative estimate of drug-likeness (QED) is 0.905. The molecule has 0 aliphatic rings. The van der Waals surface area contributed by atoms with Gasteiger partial charge >= 0.3 is 0 Å². The molecule has 0 aromatic heterocycles. The Kier molecular flexibility index (Phi) is 4.17. The zero-order valence-electron chi connectivity index (χ0n) is 11.4. The Morgan fingerprint density at radius 2 is 1.84 bits per heavy atom. The first-order chi connectivity index (χ1) is 9.15. The van der Waals surface area contributed by atoms with Crippen molar-refractivity contribution in [1.29, 1.82) is 0 Å². The molecule has 19 heavy (non-hydrogen) atoms. The molecule has 0 bridgehead atoms. The molecule has 3 heteroatoms. The summed E-state index contributed by atoms with van der Waals surface area (Å²) in [5, 5.41) is 0. The molecule has 0 radical (unpaired) electrons. The molecule has 2 nitrogen and oxygen atoms in total. The van der Waals surface area contributed by atoms with E-state index in [9.17, 15) is 4.39 Å². The molecule has 0 amide bonds. The van der Waals surface area contributed by atoms with Crippen LogP contribution in [-0.4, -0.2) is 6.54 Å². The fourth-order valence-electron chi connectivity index (χ4n) is 2.24. The third-order valence-corrected chi connectivity index (χ3v) is 3.29. The van der Waals surface area contributed by atoms with Crippen LogP contribution in [0.1, 0.15) is 18.1 Å². The summed E-state index contributed by atoms with van der Waals surface area (Å²) in [5.41, 5.74) is 9.90. The fraction of sp³-hybridized carbons (Fsp3) is 0.250. The van der Waals surface area contributed by atoms with Crippen LogP contribution in [0.15, 0.2) is 42.5 Å². The Hall–Kier alpha value is -1.87. The highest BCUT2D eigenvalue weighted by molar-refractivity contribution is 5.64. The summed E-state index contributed by atoms with van der Waals surface area (Å²) < 4.78 is 13.3. The van der Waals surface area contributed by atoms with Crippen molar-refractivity contribution in [1.82, 2.24) is 0 Å². The maximum absolute atomic E-state index is 13.3. The SMILES string of the molecule is CCN(c1cccc(F)c1)c1ccc(CN)c(C)c1. The molecular formula is C16H19FN2. The van der Waals surface area contributed by atoms with E-state index >= 15 is 0 Å². The number of rotatable bonds is 4. The van der Waals surface area contributed by atoms with Gasteiger partial charge in [-0.15, -0.1) is 0 Å². The monoisotopic (exact) mass is 258 g/mol. The summed E-state index contributed by atoms with van der Waals surface area (Å²) in [6, 6.07) is 12.8. The van der Waals surface area contributed by atoms with E-state index in [1.165, 1.54) is 6.07 Å². The molecule has 2 aromatic rings. The third-order valence-electron chi connectivity index (χ3n) is 3.29. The highest BCUT2D eigenvalue weighted by Gasteiger charge is 2.09. The smallest absolute Gasteiger partial charge is 0.125 e. The number of nitrogens with two attached hydrogens (primary N) is 1. The predicted octanol–water partition coefficient (Wildman–Crippen LogP) is 3.75. The van der Waals surface area contributed by atoms with Crippen LogP contribution >= 0.6 is 0 Å². The average molecular weight is 258 g/mol. The number of hydrogen-bond donors (Lipinski definition) is 1. The lowest BCUT2D eigenvalue weighted by Crippen LogP contribution is -2.16. The normalized spacial score (nSPS) is 10.5. The van der Waals surface area contributed by atoms with Crippen LogP contribution in [0.4, 0.5) is 15.8 Å². The van der Waals surface area contributed by atoms with Gasteiger partial charge in [-0.2, -0.15) is 0 Å². The standard InChI is InChI=1S/C16H19FN2/c1-3-19(15-6-4-5-14(17)10-15)16-8-7-13(11-18)12(2)9-16/h4-10H,3,11,18H2,1-2H3. The van der Waals surface area contributed by atoms with Gasteiger partial charge in [0, 0.05) is 24.5 Å². The molecule has 100 valence electrons. The molecule has 0 aliphatic heterocycles. The van der Waals surface area contributed by atoms with Crippen molar-refractivity contribution in [2.45, 2.75) is 20.4 Å². The van der Waals surface area contributed by atoms with Crippen LogP contribution in [0.25, 0.3) is 0 Å². The molecule has 2 aromatic carbocycles. The highest BCUT2D eigenvalue weighted by Crippen LogP contribution is 2.27. The second kappa shape index (κ2) is 5.85. The third kappa shape index (κ3) is 2.93. The van der Waals surface area contributed by atoms with Gasteiger partial charge in [0.25, 0.3) is 0 Å². The minimum Gasteiger partial charge on any atom is -0.342 e. The number of hydrogen-bond acceptors (Lipinski definition) is 2. The first-order valence-electron chi connectivity index (χ1n) is 6.48. The van der Waals surface area contributed by atoms with E-state index in [2.05, 4.69) is 17.9 Å². The van der Waals surface area contributed by atoms with Gasteiger partial charge in [0.2, 0.25) is 0 Å². The van der Waals surface area contributed by atoms with E-state index in [-0.39, 0.29) is 5.82 Å². The zero-order valence-corrected chi connectivity index (χ0v) is 11.4. The van der Waals surface area contributed by atoms with Crippen molar-refractivity contribution in [2.75, 3.05) is 11.4 Å². The molecule has 0 heterocycles. The summed E-state index contributed by atoms with van der Waals surface area (Å²) in [5.74, 6) is -0.216. The molecule has 0 unspecified atom stereocenters. The Labute approximate surface area is 113 Å². The minimum atomic E-state index is -0.216. The summed E-state index contributed by atoms with van der Waals surface area (Å²) >= 11 is 0. The lowest BCUT2D eigenvalue weighted by Gasteiger charge is -2.24. The lowest BCUT2D eigenvalue weighted by atomic mass is 10.1. The van der Waals surface area contributed by atoms with E-state index in [0.29, 0.717) is 6.54 Å². The van der Waals surface area contributed by atoms with Crippen LogP contribution in [0.3, 0.4) is 0 Å². The molecule has 0 saturated heterocycles. The van der Waals surface area contributed by atoms with Crippen molar-refractivity contribution >= 4 is 11.4 Å². The summed E-state index contributed by atoms with van der Waals surface area (Å²) in [4.78, 5) is 2.08. The maximum Gasteiger partial charge on any atom is 0.125 e. The van der Waals surface area contributed by atoms with Crippen LogP contribution in [-0.2, 0) is 6.54 Å². The van der Waals surface area contributed by atoms with Gasteiger partial charge in [0.15, 0.2) is 0 Å². The number of benzene rings is 2. The minimum absolute atomic E-state index is 0.216. The molecule has 0 fully saturated rings. The Balaban J connectivity index is 2.39. The van der Waals surface area contributed by atoms with Crippen molar-refractivity contribution in [2.24, 2.45) is 5.73 Å². The topological polar surface area (TPSA) is 29.3 Å². The molecule has 0 aliphatic carbocycles. The lowest BCUT2D eigenvalue weighted by molar-refractivity contribution is 0.627. The first-order valence-corrected chi connectivity index (χ1v) is 6.48. The van der Waals surface area contributed by atoms with E-state index < -0.39 is 0 Å². The second-order valence-corrected chi connectivity index (χ2v) is 4.54. The maximum atomic E-state index is 13.3. The van der Waals surface area contributed by atoms with Crippen LogP contribution in [0.2, 0.25) is 0 Å². The van der Waals surface area contributed by atoms with E-state index in [1.54, 1.807) is 12.1 Å². The number of aryl methyl sites for hydroxylation is 1. The average Bonchev–Trinajstić information content (AvgIpc) is 2.40. The predicted molar refractivity (Wildman–Crippen MR) is 78.2 cm³/mol. The van der Waals surface area contributed by atoms with Crippen LogP contribution in [0.5, 0.6) is 0 Å². The molecule has 2 rings (SSSR count). The van der Waals surface area contributed by atoms with Gasteiger partial charge in [0.05, 0.1) is 0 Å².